The van der Waals surface area contributed by atoms with Crippen molar-refractivity contribution in [1.82, 2.24) is 0 Å². The molecule has 7 heteroatoms. The van der Waals surface area contributed by atoms with Gasteiger partial charge < -0.3 is 24.7 Å². The topological polar surface area (TPSA) is 80.0 Å². The zero-order valence-electron chi connectivity index (χ0n) is 12.7. The van der Waals surface area contributed by atoms with Gasteiger partial charge in [0.2, 0.25) is 5.75 Å². The van der Waals surface area contributed by atoms with E-state index in [0.29, 0.717) is 29.4 Å². The normalized spacial score (nSPS) is 11.1. The van der Waals surface area contributed by atoms with Gasteiger partial charge in [-0.15, -0.1) is 12.4 Å². The first-order chi connectivity index (χ1) is 9.58. The second-order valence-corrected chi connectivity index (χ2v) is 4.04. The van der Waals surface area contributed by atoms with E-state index in [1.54, 1.807) is 19.1 Å². The van der Waals surface area contributed by atoms with Crippen LogP contribution in [0.2, 0.25) is 0 Å². The van der Waals surface area contributed by atoms with Crippen LogP contribution in [0.3, 0.4) is 0 Å². The number of hydrogen-bond acceptors (Lipinski definition) is 6. The molecule has 1 rings (SSSR count). The minimum absolute atomic E-state index is 0. The Balaban J connectivity index is 0.00000400. The lowest BCUT2D eigenvalue weighted by Gasteiger charge is -2.19. The molecule has 0 aliphatic carbocycles. The van der Waals surface area contributed by atoms with E-state index in [9.17, 15) is 4.79 Å². The van der Waals surface area contributed by atoms with Crippen LogP contribution in [0.1, 0.15) is 24.9 Å². The number of rotatable bonds is 7. The Kier molecular flexibility index (Phi) is 8.57. The molecule has 1 aromatic rings. The minimum atomic E-state index is -0.538. The fourth-order valence-electron chi connectivity index (χ4n) is 1.93. The number of hydrogen-bond donors (Lipinski definition) is 1. The lowest BCUT2D eigenvalue weighted by molar-refractivity contribution is -0.143. The molecule has 0 unspecified atom stereocenters. The third-order valence-electron chi connectivity index (χ3n) is 2.83. The lowest BCUT2D eigenvalue weighted by Crippen LogP contribution is -2.18. The molecule has 0 aliphatic rings. The summed E-state index contributed by atoms with van der Waals surface area (Å²) in [6, 6.07) is 2.94. The maximum atomic E-state index is 11.5. The first-order valence-electron chi connectivity index (χ1n) is 6.29. The van der Waals surface area contributed by atoms with Gasteiger partial charge in [-0.1, -0.05) is 0 Å². The molecule has 0 saturated heterocycles. The van der Waals surface area contributed by atoms with E-state index >= 15 is 0 Å². The molecule has 0 radical (unpaired) electrons. The first kappa shape index (κ1) is 19.3. The molecule has 1 aromatic carbocycles. The van der Waals surface area contributed by atoms with Gasteiger partial charge in [0.15, 0.2) is 11.5 Å². The summed E-state index contributed by atoms with van der Waals surface area (Å²) in [4.78, 5) is 11.5. The highest BCUT2D eigenvalue weighted by Gasteiger charge is 2.22. The summed E-state index contributed by atoms with van der Waals surface area (Å²) in [7, 11) is 4.56. The Morgan fingerprint density at radius 1 is 1.14 bits per heavy atom. The zero-order valence-corrected chi connectivity index (χ0v) is 13.5. The van der Waals surface area contributed by atoms with Crippen LogP contribution in [0.5, 0.6) is 17.2 Å². The van der Waals surface area contributed by atoms with Crippen molar-refractivity contribution < 1.29 is 23.7 Å². The lowest BCUT2D eigenvalue weighted by atomic mass is 10.0. The van der Waals surface area contributed by atoms with E-state index < -0.39 is 6.04 Å². The van der Waals surface area contributed by atoms with Gasteiger partial charge in [0.1, 0.15) is 0 Å². The molecule has 0 aromatic heterocycles. The first-order valence-corrected chi connectivity index (χ1v) is 6.29. The Hall–Kier alpha value is -1.66. The number of methoxy groups -OCH3 is 3. The molecular formula is C14H22ClNO5. The average Bonchev–Trinajstić information content (AvgIpc) is 2.45. The Morgan fingerprint density at radius 2 is 1.76 bits per heavy atom. The summed E-state index contributed by atoms with van der Waals surface area (Å²) in [5.41, 5.74) is 6.71. The molecule has 120 valence electrons. The van der Waals surface area contributed by atoms with Gasteiger partial charge in [0, 0.05) is 11.6 Å². The molecule has 6 nitrogen and oxygen atoms in total. The summed E-state index contributed by atoms with van der Waals surface area (Å²) in [6.07, 6.45) is 0.0691. The number of nitrogens with two attached hydrogens (primary N) is 1. The largest absolute Gasteiger partial charge is 0.493 e. The van der Waals surface area contributed by atoms with Crippen LogP contribution in [-0.4, -0.2) is 33.9 Å². The molecule has 0 amide bonds. The predicted molar refractivity (Wildman–Crippen MR) is 81.5 cm³/mol. The summed E-state index contributed by atoms with van der Waals surface area (Å²) in [5.74, 6) is 1.10. The standard InChI is InChI=1S/C14H21NO5.ClH/c1-5-20-12(16)8-10(15)9-6-7-11(17-2)14(19-4)13(9)18-3;/h6-7,10H,5,8,15H2,1-4H3;1H/t10-;/m0./s1. The van der Waals surface area contributed by atoms with Crippen molar-refractivity contribution in [2.75, 3.05) is 27.9 Å². The van der Waals surface area contributed by atoms with Crippen LogP contribution < -0.4 is 19.9 Å². The van der Waals surface area contributed by atoms with Crippen LogP contribution in [0.15, 0.2) is 12.1 Å². The highest BCUT2D eigenvalue weighted by molar-refractivity contribution is 5.85. The van der Waals surface area contributed by atoms with Gasteiger partial charge in [0.25, 0.3) is 0 Å². The molecular weight excluding hydrogens is 298 g/mol. The number of ether oxygens (including phenoxy) is 4. The monoisotopic (exact) mass is 319 g/mol. The van der Waals surface area contributed by atoms with Crippen molar-refractivity contribution in [1.29, 1.82) is 0 Å². The fraction of sp³-hybridized carbons (Fsp3) is 0.500. The molecule has 0 aliphatic heterocycles. The van der Waals surface area contributed by atoms with Crippen molar-refractivity contribution in [2.24, 2.45) is 5.73 Å². The van der Waals surface area contributed by atoms with Gasteiger partial charge in [0.05, 0.1) is 34.4 Å². The van der Waals surface area contributed by atoms with Crippen LogP contribution in [0.25, 0.3) is 0 Å². The summed E-state index contributed by atoms with van der Waals surface area (Å²) in [5, 5.41) is 0. The summed E-state index contributed by atoms with van der Waals surface area (Å²) < 4.78 is 20.7. The molecule has 0 fully saturated rings. The number of esters is 1. The maximum Gasteiger partial charge on any atom is 0.307 e. The molecule has 0 spiro atoms. The smallest absolute Gasteiger partial charge is 0.307 e. The van der Waals surface area contributed by atoms with Crippen LogP contribution in [0.4, 0.5) is 0 Å². The quantitative estimate of drug-likeness (QED) is 0.775. The van der Waals surface area contributed by atoms with Crippen molar-refractivity contribution in [2.45, 2.75) is 19.4 Å². The zero-order chi connectivity index (χ0) is 15.1. The molecule has 0 saturated carbocycles. The second kappa shape index (κ2) is 9.31. The molecule has 1 atom stereocenters. The maximum absolute atomic E-state index is 11.5. The van der Waals surface area contributed by atoms with Crippen molar-refractivity contribution in [3.05, 3.63) is 17.7 Å². The fourth-order valence-corrected chi connectivity index (χ4v) is 1.93. The van der Waals surface area contributed by atoms with Gasteiger partial charge in [-0.05, 0) is 19.1 Å². The van der Waals surface area contributed by atoms with E-state index in [4.69, 9.17) is 24.7 Å². The van der Waals surface area contributed by atoms with Gasteiger partial charge in [-0.25, -0.2) is 0 Å². The third kappa shape index (κ3) is 4.68. The van der Waals surface area contributed by atoms with E-state index in [1.165, 1.54) is 21.3 Å². The van der Waals surface area contributed by atoms with Crippen LogP contribution >= 0.6 is 12.4 Å². The highest BCUT2D eigenvalue weighted by Crippen LogP contribution is 2.42. The van der Waals surface area contributed by atoms with E-state index in [2.05, 4.69) is 0 Å². The Morgan fingerprint density at radius 3 is 2.24 bits per heavy atom. The molecule has 0 heterocycles. The highest BCUT2D eigenvalue weighted by atomic mass is 35.5. The molecule has 2 N–H and O–H groups in total. The van der Waals surface area contributed by atoms with E-state index in [1.807, 2.05) is 0 Å². The predicted octanol–water partition coefficient (Wildman–Crippen LogP) is 2.09. The molecule has 0 bridgehead atoms. The average molecular weight is 320 g/mol. The number of carbonyl (C=O) groups is 1. The Labute approximate surface area is 130 Å². The number of halogens is 1. The van der Waals surface area contributed by atoms with Crippen molar-refractivity contribution in [3.63, 3.8) is 0 Å². The Bertz CT molecular complexity index is 467. The van der Waals surface area contributed by atoms with Gasteiger partial charge in [-0.3, -0.25) is 4.79 Å². The second-order valence-electron chi connectivity index (χ2n) is 4.04. The van der Waals surface area contributed by atoms with Crippen LogP contribution in [0, 0.1) is 0 Å². The van der Waals surface area contributed by atoms with Crippen molar-refractivity contribution >= 4 is 18.4 Å². The van der Waals surface area contributed by atoms with Crippen LogP contribution in [-0.2, 0) is 9.53 Å². The van der Waals surface area contributed by atoms with Crippen molar-refractivity contribution in [3.8, 4) is 17.2 Å². The summed E-state index contributed by atoms with van der Waals surface area (Å²) in [6.45, 7) is 2.08. The SMILES string of the molecule is CCOC(=O)C[C@H](N)c1ccc(OC)c(OC)c1OC.Cl. The van der Waals surface area contributed by atoms with E-state index in [-0.39, 0.29) is 24.8 Å². The number of carbonyl (C=O) groups excluding carboxylic acids is 1. The summed E-state index contributed by atoms with van der Waals surface area (Å²) >= 11 is 0. The third-order valence-corrected chi connectivity index (χ3v) is 2.83. The van der Waals surface area contributed by atoms with Gasteiger partial charge in [-0.2, -0.15) is 0 Å². The van der Waals surface area contributed by atoms with Gasteiger partial charge >= 0.3 is 5.97 Å². The minimum Gasteiger partial charge on any atom is -0.493 e. The number of benzene rings is 1. The molecule has 21 heavy (non-hydrogen) atoms. The van der Waals surface area contributed by atoms with E-state index in [0.717, 1.165) is 0 Å².